The second-order valence-corrected chi connectivity index (χ2v) is 7.32. The Morgan fingerprint density at radius 2 is 1.58 bits per heavy atom. The van der Waals surface area contributed by atoms with Crippen LogP contribution in [0.4, 0.5) is 11.4 Å². The minimum Gasteiger partial charge on any atom is -0.376 e. The van der Waals surface area contributed by atoms with Gasteiger partial charge in [0.05, 0.1) is 6.54 Å². The first-order chi connectivity index (χ1) is 14.9. The van der Waals surface area contributed by atoms with E-state index in [-0.39, 0.29) is 30.3 Å². The molecule has 0 radical (unpaired) electrons. The third-order valence-electron chi connectivity index (χ3n) is 5.03. The van der Waals surface area contributed by atoms with E-state index in [2.05, 4.69) is 16.0 Å². The van der Waals surface area contributed by atoms with Crippen LogP contribution < -0.4 is 16.0 Å². The van der Waals surface area contributed by atoms with Crippen molar-refractivity contribution in [1.29, 1.82) is 0 Å². The zero-order valence-electron chi connectivity index (χ0n) is 18.7. The lowest BCUT2D eigenvalue weighted by Crippen LogP contribution is -2.31. The lowest BCUT2D eigenvalue weighted by atomic mass is 10.1. The maximum atomic E-state index is 12.5. The molecule has 3 N–H and O–H groups in total. The topological polar surface area (TPSA) is 90.5 Å². The first-order valence-corrected chi connectivity index (χ1v) is 10.7. The zero-order chi connectivity index (χ0) is 22.8. The fraction of sp³-hybridized carbons (Fsp3) is 0.375. The fourth-order valence-corrected chi connectivity index (χ4v) is 2.96. The van der Waals surface area contributed by atoms with Gasteiger partial charge in [-0.1, -0.05) is 13.0 Å². The summed E-state index contributed by atoms with van der Waals surface area (Å²) in [5, 5.41) is 8.76. The van der Waals surface area contributed by atoms with Crippen molar-refractivity contribution >= 4 is 29.1 Å². The second-order valence-electron chi connectivity index (χ2n) is 7.32. The molecule has 1 unspecified atom stereocenters. The van der Waals surface area contributed by atoms with Gasteiger partial charge in [-0.25, -0.2) is 0 Å². The van der Waals surface area contributed by atoms with Crippen molar-refractivity contribution in [2.75, 3.05) is 30.3 Å². The number of amides is 3. The number of hydrogen-bond acceptors (Lipinski definition) is 4. The second kappa shape index (κ2) is 11.7. The zero-order valence-corrected chi connectivity index (χ0v) is 18.7. The lowest BCUT2D eigenvalue weighted by Gasteiger charge is -2.19. The molecule has 7 nitrogen and oxygen atoms in total. The van der Waals surface area contributed by atoms with E-state index >= 15 is 0 Å². The van der Waals surface area contributed by atoms with Crippen molar-refractivity contribution in [3.8, 4) is 0 Å². The lowest BCUT2D eigenvalue weighted by molar-refractivity contribution is -0.114. The third kappa shape index (κ3) is 7.13. The van der Waals surface area contributed by atoms with Crippen LogP contribution in [0, 0.1) is 0 Å². The number of carbonyl (C=O) groups excluding carboxylic acids is 3. The molecule has 0 aliphatic heterocycles. The van der Waals surface area contributed by atoms with E-state index in [9.17, 15) is 14.4 Å². The van der Waals surface area contributed by atoms with Crippen LogP contribution in [0.2, 0.25) is 0 Å². The highest BCUT2D eigenvalue weighted by atomic mass is 16.2. The molecule has 0 aromatic heterocycles. The van der Waals surface area contributed by atoms with Gasteiger partial charge in [-0.15, -0.1) is 0 Å². The monoisotopic (exact) mass is 424 g/mol. The standard InChI is InChI=1S/C24H32N4O3/c1-5-17(4)26-23(30)18-11-13-20(14-12-18)25-16-22(29)27-21-10-8-9-19(15-21)24(31)28(6-2)7-3/h8-15,17,25H,5-7,16H2,1-4H3,(H,26,30)(H,27,29). The Balaban J connectivity index is 1.90. The number of carbonyl (C=O) groups is 3. The van der Waals surface area contributed by atoms with Gasteiger partial charge in [-0.3, -0.25) is 14.4 Å². The van der Waals surface area contributed by atoms with Crippen molar-refractivity contribution in [1.82, 2.24) is 10.2 Å². The molecule has 7 heteroatoms. The molecule has 166 valence electrons. The summed E-state index contributed by atoms with van der Waals surface area (Å²) in [6.45, 7) is 9.17. The quantitative estimate of drug-likeness (QED) is 0.542. The first-order valence-electron chi connectivity index (χ1n) is 10.7. The molecule has 0 spiro atoms. The number of hydrogen-bond donors (Lipinski definition) is 3. The van der Waals surface area contributed by atoms with Crippen LogP contribution in [0.1, 0.15) is 54.8 Å². The minimum atomic E-state index is -0.231. The van der Waals surface area contributed by atoms with Crippen LogP contribution in [-0.4, -0.2) is 48.3 Å². The van der Waals surface area contributed by atoms with E-state index in [1.54, 1.807) is 53.4 Å². The van der Waals surface area contributed by atoms with Gasteiger partial charge in [0.2, 0.25) is 5.91 Å². The summed E-state index contributed by atoms with van der Waals surface area (Å²) in [6.07, 6.45) is 0.868. The van der Waals surface area contributed by atoms with Crippen molar-refractivity contribution in [2.45, 2.75) is 40.2 Å². The molecule has 0 aliphatic carbocycles. The van der Waals surface area contributed by atoms with E-state index in [1.807, 2.05) is 27.7 Å². The summed E-state index contributed by atoms with van der Waals surface area (Å²) in [5.74, 6) is -0.402. The molecule has 0 aliphatic rings. The SMILES string of the molecule is CCC(C)NC(=O)c1ccc(NCC(=O)Nc2cccc(C(=O)N(CC)CC)c2)cc1. The molecule has 2 aromatic carbocycles. The van der Waals surface area contributed by atoms with Crippen LogP contribution in [-0.2, 0) is 4.79 Å². The van der Waals surface area contributed by atoms with Gasteiger partial charge in [-0.05, 0) is 69.7 Å². The Morgan fingerprint density at radius 3 is 2.19 bits per heavy atom. The van der Waals surface area contributed by atoms with Crippen LogP contribution >= 0.6 is 0 Å². The van der Waals surface area contributed by atoms with Gasteiger partial charge in [0.25, 0.3) is 11.8 Å². The number of rotatable bonds is 10. The molecule has 0 saturated heterocycles. The van der Waals surface area contributed by atoms with Gasteiger partial charge in [-0.2, -0.15) is 0 Å². The van der Waals surface area contributed by atoms with Gasteiger partial charge >= 0.3 is 0 Å². The van der Waals surface area contributed by atoms with Crippen molar-refractivity contribution in [3.05, 3.63) is 59.7 Å². The van der Waals surface area contributed by atoms with Crippen molar-refractivity contribution in [3.63, 3.8) is 0 Å². The molecule has 1 atom stereocenters. The molecule has 3 amide bonds. The highest BCUT2D eigenvalue weighted by Crippen LogP contribution is 2.14. The Bertz CT molecular complexity index is 892. The van der Waals surface area contributed by atoms with E-state index in [0.717, 1.165) is 12.1 Å². The summed E-state index contributed by atoms with van der Waals surface area (Å²) >= 11 is 0. The summed E-state index contributed by atoms with van der Waals surface area (Å²) < 4.78 is 0. The molecule has 31 heavy (non-hydrogen) atoms. The summed E-state index contributed by atoms with van der Waals surface area (Å²) in [5.41, 5.74) is 2.42. The smallest absolute Gasteiger partial charge is 0.253 e. The molecule has 2 aromatic rings. The number of anilines is 2. The highest BCUT2D eigenvalue weighted by molar-refractivity contribution is 5.98. The Labute approximate surface area is 184 Å². The van der Waals surface area contributed by atoms with Crippen LogP contribution in [0.25, 0.3) is 0 Å². The Hall–Kier alpha value is -3.35. The molecular formula is C24H32N4O3. The largest absolute Gasteiger partial charge is 0.376 e. The summed E-state index contributed by atoms with van der Waals surface area (Å²) in [6, 6.07) is 14.0. The van der Waals surface area contributed by atoms with E-state index in [0.29, 0.717) is 29.9 Å². The predicted octanol–water partition coefficient (Wildman–Crippen LogP) is 3.75. The third-order valence-corrected chi connectivity index (χ3v) is 5.03. The molecular weight excluding hydrogens is 392 g/mol. The van der Waals surface area contributed by atoms with Crippen LogP contribution in [0.5, 0.6) is 0 Å². The maximum Gasteiger partial charge on any atom is 0.253 e. The average molecular weight is 425 g/mol. The normalized spacial score (nSPS) is 11.4. The van der Waals surface area contributed by atoms with Crippen molar-refractivity contribution < 1.29 is 14.4 Å². The Kier molecular flexibility index (Phi) is 9.06. The van der Waals surface area contributed by atoms with Crippen molar-refractivity contribution in [2.24, 2.45) is 0 Å². The van der Waals surface area contributed by atoms with Crippen LogP contribution in [0.15, 0.2) is 48.5 Å². The highest BCUT2D eigenvalue weighted by Gasteiger charge is 2.13. The number of nitrogens with one attached hydrogen (secondary N) is 3. The minimum absolute atomic E-state index is 0.0586. The number of benzene rings is 2. The molecule has 2 rings (SSSR count). The fourth-order valence-electron chi connectivity index (χ4n) is 2.96. The first kappa shape index (κ1) is 23.9. The van der Waals surface area contributed by atoms with Gasteiger partial charge < -0.3 is 20.9 Å². The summed E-state index contributed by atoms with van der Waals surface area (Å²) in [7, 11) is 0. The molecule has 0 fully saturated rings. The van der Waals surface area contributed by atoms with E-state index in [1.165, 1.54) is 0 Å². The molecule has 0 saturated carbocycles. The molecule has 0 heterocycles. The molecule has 0 bridgehead atoms. The van der Waals surface area contributed by atoms with Gasteiger partial charge in [0.1, 0.15) is 0 Å². The predicted molar refractivity (Wildman–Crippen MR) is 124 cm³/mol. The van der Waals surface area contributed by atoms with Gasteiger partial charge in [0.15, 0.2) is 0 Å². The van der Waals surface area contributed by atoms with E-state index < -0.39 is 0 Å². The number of nitrogens with zero attached hydrogens (tertiary/aromatic N) is 1. The van der Waals surface area contributed by atoms with E-state index in [4.69, 9.17) is 0 Å². The average Bonchev–Trinajstić information content (AvgIpc) is 2.78. The maximum absolute atomic E-state index is 12.5. The van der Waals surface area contributed by atoms with Gasteiger partial charge in [0, 0.05) is 41.6 Å². The Morgan fingerprint density at radius 1 is 0.903 bits per heavy atom. The summed E-state index contributed by atoms with van der Waals surface area (Å²) in [4.78, 5) is 38.6. The van der Waals surface area contributed by atoms with Crippen LogP contribution in [0.3, 0.4) is 0 Å².